The van der Waals surface area contributed by atoms with Gasteiger partial charge in [-0.25, -0.2) is 0 Å². The number of carbonyl (C=O) groups is 1. The Hall–Kier alpha value is -1.55. The fraction of sp³-hybridized carbons (Fsp3) is 0.462. The van der Waals surface area contributed by atoms with Gasteiger partial charge in [0.15, 0.2) is 6.10 Å². The first kappa shape index (κ1) is 10.6. The van der Waals surface area contributed by atoms with E-state index in [9.17, 15) is 4.79 Å². The number of hydrogen-bond acceptors (Lipinski definition) is 3. The minimum atomic E-state index is -0.352. The number of anilines is 1. The Labute approximate surface area is 100 Å². The van der Waals surface area contributed by atoms with Crippen molar-refractivity contribution in [2.45, 2.75) is 25.0 Å². The molecule has 1 aliphatic heterocycles. The topological polar surface area (TPSA) is 55.6 Å². The van der Waals surface area contributed by atoms with Gasteiger partial charge in [0.25, 0.3) is 5.91 Å². The quantitative estimate of drug-likeness (QED) is 0.790. The van der Waals surface area contributed by atoms with Crippen molar-refractivity contribution in [1.82, 2.24) is 0 Å². The van der Waals surface area contributed by atoms with E-state index < -0.39 is 0 Å². The van der Waals surface area contributed by atoms with E-state index in [0.717, 1.165) is 24.3 Å². The Balaban J connectivity index is 1.88. The van der Waals surface area contributed by atoms with E-state index >= 15 is 0 Å². The molecule has 4 nitrogen and oxygen atoms in total. The van der Waals surface area contributed by atoms with Crippen LogP contribution in [-0.4, -0.2) is 25.1 Å². The fourth-order valence-corrected chi connectivity index (χ4v) is 2.58. The van der Waals surface area contributed by atoms with Crippen molar-refractivity contribution in [3.63, 3.8) is 0 Å². The molecule has 90 valence electrons. The molecule has 1 aliphatic carbocycles. The number of para-hydroxylation sites is 2. The molecule has 1 fully saturated rings. The summed E-state index contributed by atoms with van der Waals surface area (Å²) in [6.07, 6.45) is 1.41. The molecule has 1 unspecified atom stereocenters. The third-order valence-electron chi connectivity index (χ3n) is 3.69. The molecule has 0 radical (unpaired) electrons. The first-order chi connectivity index (χ1) is 8.16. The number of fused-ring (bicyclic) bond motifs is 1. The van der Waals surface area contributed by atoms with Gasteiger partial charge in [-0.15, -0.1) is 0 Å². The zero-order valence-corrected chi connectivity index (χ0v) is 9.80. The predicted molar refractivity (Wildman–Crippen MR) is 65.0 cm³/mol. The van der Waals surface area contributed by atoms with E-state index in [4.69, 9.17) is 10.5 Å². The second-order valence-corrected chi connectivity index (χ2v) is 4.89. The smallest absolute Gasteiger partial charge is 0.268 e. The molecule has 2 aliphatic rings. The average molecular weight is 232 g/mol. The van der Waals surface area contributed by atoms with E-state index in [1.807, 2.05) is 24.3 Å². The predicted octanol–water partition coefficient (Wildman–Crippen LogP) is 1.15. The summed E-state index contributed by atoms with van der Waals surface area (Å²) < 4.78 is 5.82. The Kier molecular flexibility index (Phi) is 2.33. The summed E-state index contributed by atoms with van der Waals surface area (Å²) in [5.74, 6) is 1.11. The number of likely N-dealkylation sites (N-methyl/N-ethyl adjacent to an activating group) is 1. The number of amides is 1. The second-order valence-electron chi connectivity index (χ2n) is 4.89. The van der Waals surface area contributed by atoms with Crippen LogP contribution in [0.25, 0.3) is 0 Å². The summed E-state index contributed by atoms with van der Waals surface area (Å²) in [5.41, 5.74) is 6.61. The van der Waals surface area contributed by atoms with Gasteiger partial charge >= 0.3 is 0 Å². The van der Waals surface area contributed by atoms with Crippen LogP contribution in [0.5, 0.6) is 5.75 Å². The Morgan fingerprint density at radius 2 is 2.06 bits per heavy atom. The number of hydrogen-bond donors (Lipinski definition) is 1. The Morgan fingerprint density at radius 1 is 1.35 bits per heavy atom. The molecule has 0 saturated heterocycles. The molecule has 1 saturated carbocycles. The van der Waals surface area contributed by atoms with Gasteiger partial charge < -0.3 is 15.4 Å². The molecule has 0 spiro atoms. The minimum Gasteiger partial charge on any atom is -0.478 e. The lowest BCUT2D eigenvalue weighted by Crippen LogP contribution is -2.53. The monoisotopic (exact) mass is 232 g/mol. The lowest BCUT2D eigenvalue weighted by atomic mass is 9.76. The van der Waals surface area contributed by atoms with E-state index in [1.165, 1.54) is 0 Å². The molecule has 1 amide bonds. The summed E-state index contributed by atoms with van der Waals surface area (Å²) in [7, 11) is 1.80. The van der Waals surface area contributed by atoms with E-state index in [1.54, 1.807) is 11.9 Å². The zero-order valence-electron chi connectivity index (χ0n) is 9.80. The van der Waals surface area contributed by atoms with E-state index in [-0.39, 0.29) is 24.0 Å². The minimum absolute atomic E-state index is 0.0422. The van der Waals surface area contributed by atoms with Crippen molar-refractivity contribution in [2.75, 3.05) is 11.9 Å². The molecule has 0 bridgehead atoms. The van der Waals surface area contributed by atoms with Gasteiger partial charge in [-0.1, -0.05) is 12.1 Å². The lowest BCUT2D eigenvalue weighted by Gasteiger charge is -2.41. The van der Waals surface area contributed by atoms with Crippen molar-refractivity contribution in [3.05, 3.63) is 24.3 Å². The van der Waals surface area contributed by atoms with Gasteiger partial charge in [-0.3, -0.25) is 4.79 Å². The van der Waals surface area contributed by atoms with Crippen molar-refractivity contribution in [1.29, 1.82) is 0 Å². The van der Waals surface area contributed by atoms with Crippen LogP contribution in [0.1, 0.15) is 12.8 Å². The van der Waals surface area contributed by atoms with Crippen molar-refractivity contribution < 1.29 is 9.53 Å². The molecule has 1 aromatic carbocycles. The van der Waals surface area contributed by atoms with Gasteiger partial charge in [0.2, 0.25) is 0 Å². The highest BCUT2D eigenvalue weighted by Gasteiger charge is 2.42. The molecular formula is C13H16N2O2. The molecule has 17 heavy (non-hydrogen) atoms. The highest BCUT2D eigenvalue weighted by atomic mass is 16.5. The average Bonchev–Trinajstić information content (AvgIpc) is 2.30. The molecule has 3 rings (SSSR count). The molecule has 1 heterocycles. The maximum Gasteiger partial charge on any atom is 0.268 e. The largest absolute Gasteiger partial charge is 0.478 e. The van der Waals surface area contributed by atoms with E-state index in [0.29, 0.717) is 0 Å². The molecule has 4 heteroatoms. The zero-order chi connectivity index (χ0) is 12.0. The summed E-state index contributed by atoms with van der Waals surface area (Å²) in [4.78, 5) is 13.9. The van der Waals surface area contributed by atoms with Crippen molar-refractivity contribution >= 4 is 11.6 Å². The van der Waals surface area contributed by atoms with Crippen LogP contribution in [0.3, 0.4) is 0 Å². The number of carbonyl (C=O) groups excluding carboxylic acids is 1. The number of nitrogens with zero attached hydrogens (tertiary/aromatic N) is 1. The highest BCUT2D eigenvalue weighted by Crippen LogP contribution is 2.39. The van der Waals surface area contributed by atoms with Crippen LogP contribution < -0.4 is 15.4 Å². The SMILES string of the molecule is CN1C(=O)C(C2CC(N)C2)Oc2ccccc21. The van der Waals surface area contributed by atoms with Gasteiger partial charge in [0.05, 0.1) is 5.69 Å². The summed E-state index contributed by atoms with van der Waals surface area (Å²) in [5, 5.41) is 0. The Bertz CT molecular complexity index is 454. The van der Waals surface area contributed by atoms with Gasteiger partial charge in [-0.2, -0.15) is 0 Å². The summed E-state index contributed by atoms with van der Waals surface area (Å²) >= 11 is 0. The van der Waals surface area contributed by atoms with Crippen LogP contribution in [0.4, 0.5) is 5.69 Å². The highest BCUT2D eigenvalue weighted by molar-refractivity contribution is 5.99. The summed E-state index contributed by atoms with van der Waals surface area (Å²) in [6.45, 7) is 0. The second kappa shape index (κ2) is 3.74. The van der Waals surface area contributed by atoms with Crippen molar-refractivity contribution in [2.24, 2.45) is 11.7 Å². The number of rotatable bonds is 1. The fourth-order valence-electron chi connectivity index (χ4n) is 2.58. The number of nitrogens with two attached hydrogens (primary N) is 1. The van der Waals surface area contributed by atoms with Gasteiger partial charge in [-0.05, 0) is 25.0 Å². The molecule has 1 aromatic rings. The normalized spacial score (nSPS) is 31.5. The molecule has 0 aromatic heterocycles. The van der Waals surface area contributed by atoms with E-state index in [2.05, 4.69) is 0 Å². The Morgan fingerprint density at radius 3 is 2.76 bits per heavy atom. The van der Waals surface area contributed by atoms with Crippen LogP contribution in [-0.2, 0) is 4.79 Å². The third-order valence-corrected chi connectivity index (χ3v) is 3.69. The maximum absolute atomic E-state index is 12.2. The van der Waals surface area contributed by atoms with Crippen LogP contribution in [0.2, 0.25) is 0 Å². The third kappa shape index (κ3) is 1.60. The van der Waals surface area contributed by atoms with Crippen LogP contribution in [0, 0.1) is 5.92 Å². The van der Waals surface area contributed by atoms with Gasteiger partial charge in [0, 0.05) is 19.0 Å². The molecular weight excluding hydrogens is 216 g/mol. The first-order valence-electron chi connectivity index (χ1n) is 5.95. The maximum atomic E-state index is 12.2. The van der Waals surface area contributed by atoms with Crippen LogP contribution in [0.15, 0.2) is 24.3 Å². The lowest BCUT2D eigenvalue weighted by molar-refractivity contribution is -0.130. The number of ether oxygens (including phenoxy) is 1. The summed E-state index contributed by atoms with van der Waals surface area (Å²) in [6, 6.07) is 7.87. The standard InChI is InChI=1S/C13H16N2O2/c1-15-10-4-2-3-5-11(10)17-12(13(15)16)8-6-9(14)7-8/h2-5,8-9,12H,6-7,14H2,1H3. The van der Waals surface area contributed by atoms with Crippen molar-refractivity contribution in [3.8, 4) is 5.75 Å². The first-order valence-corrected chi connectivity index (χ1v) is 5.95. The molecule has 2 N–H and O–H groups in total. The van der Waals surface area contributed by atoms with Gasteiger partial charge in [0.1, 0.15) is 5.75 Å². The molecule has 1 atom stereocenters. The van der Waals surface area contributed by atoms with Crippen LogP contribution >= 0.6 is 0 Å². The number of benzene rings is 1.